The lowest BCUT2D eigenvalue weighted by Crippen LogP contribution is -2.54. The quantitative estimate of drug-likeness (QED) is 0.841. The minimum absolute atomic E-state index is 0.0923. The normalized spacial score (nSPS) is 13.4. The Morgan fingerprint density at radius 1 is 0.864 bits per heavy atom. The minimum Gasteiger partial charge on any atom is -0.309 e. The molecule has 0 aliphatic rings. The lowest BCUT2D eigenvalue weighted by Gasteiger charge is -2.38. The molecule has 0 aliphatic heterocycles. The lowest BCUT2D eigenvalue weighted by molar-refractivity contribution is -0.152. The van der Waals surface area contributed by atoms with Gasteiger partial charge in [0.15, 0.2) is 0 Å². The molecule has 0 aliphatic carbocycles. The molecular formula is C18H36N2O2. The van der Waals surface area contributed by atoms with Crippen molar-refractivity contribution in [2.45, 2.75) is 99.2 Å². The van der Waals surface area contributed by atoms with Crippen molar-refractivity contribution in [1.82, 2.24) is 10.2 Å². The van der Waals surface area contributed by atoms with Crippen LogP contribution in [0.25, 0.3) is 0 Å². The third kappa shape index (κ3) is 7.92. The fourth-order valence-corrected chi connectivity index (χ4v) is 2.71. The molecule has 0 aromatic carbocycles. The van der Waals surface area contributed by atoms with Crippen molar-refractivity contribution in [2.75, 3.05) is 0 Å². The Hall–Kier alpha value is -0.900. The predicted molar refractivity (Wildman–Crippen MR) is 92.6 cm³/mol. The summed E-state index contributed by atoms with van der Waals surface area (Å²) in [7, 11) is 0. The van der Waals surface area contributed by atoms with Crippen LogP contribution < -0.4 is 5.32 Å². The van der Waals surface area contributed by atoms with Gasteiger partial charge in [0.25, 0.3) is 0 Å². The molecule has 0 spiro atoms. The summed E-state index contributed by atoms with van der Waals surface area (Å²) < 4.78 is 0. The Labute approximate surface area is 137 Å². The van der Waals surface area contributed by atoms with Crippen LogP contribution in [-0.2, 0) is 9.59 Å². The zero-order valence-corrected chi connectivity index (χ0v) is 16.3. The summed E-state index contributed by atoms with van der Waals surface area (Å²) in [6.07, 6.45) is 0.673. The van der Waals surface area contributed by atoms with E-state index in [0.717, 1.165) is 0 Å². The van der Waals surface area contributed by atoms with Crippen LogP contribution in [0.15, 0.2) is 0 Å². The molecule has 0 heterocycles. The summed E-state index contributed by atoms with van der Waals surface area (Å²) >= 11 is 0. The van der Waals surface area contributed by atoms with E-state index in [0.29, 0.717) is 12.8 Å². The maximum absolute atomic E-state index is 12.8. The molecule has 0 fully saturated rings. The Morgan fingerprint density at radius 3 is 1.59 bits per heavy atom. The molecule has 4 heteroatoms. The van der Waals surface area contributed by atoms with E-state index in [-0.39, 0.29) is 28.8 Å². The number of rotatable bonds is 5. The monoisotopic (exact) mass is 312 g/mol. The minimum atomic E-state index is -0.507. The number of nitrogens with one attached hydrogen (secondary N) is 1. The molecule has 0 saturated heterocycles. The number of carbonyl (C=O) groups excluding carboxylic acids is 2. The molecule has 0 bridgehead atoms. The first kappa shape index (κ1) is 21.1. The Morgan fingerprint density at radius 2 is 1.27 bits per heavy atom. The molecule has 1 N–H and O–H groups in total. The van der Waals surface area contributed by atoms with Crippen molar-refractivity contribution in [3.05, 3.63) is 0 Å². The molecule has 0 aromatic rings. The lowest BCUT2D eigenvalue weighted by atomic mass is 9.89. The average Bonchev–Trinajstić information content (AvgIpc) is 2.06. The summed E-state index contributed by atoms with van der Waals surface area (Å²) in [5.74, 6) is -0.203. The summed E-state index contributed by atoms with van der Waals surface area (Å²) in [6.45, 7) is 19.9. The van der Waals surface area contributed by atoms with Crippen LogP contribution in [0.2, 0.25) is 0 Å². The highest BCUT2D eigenvalue weighted by Gasteiger charge is 2.36. The summed E-state index contributed by atoms with van der Waals surface area (Å²) in [6, 6.07) is 0.288. The molecule has 2 amide bonds. The Balaban J connectivity index is 5.22. The van der Waals surface area contributed by atoms with Crippen LogP contribution in [-0.4, -0.2) is 33.8 Å². The van der Waals surface area contributed by atoms with Crippen molar-refractivity contribution >= 4 is 11.8 Å². The fraction of sp³-hybridized carbons (Fsp3) is 0.889. The maximum Gasteiger partial charge on any atom is 0.231 e. The molecule has 4 nitrogen and oxygen atoms in total. The third-order valence-electron chi connectivity index (χ3n) is 3.12. The van der Waals surface area contributed by atoms with Gasteiger partial charge in [-0.2, -0.15) is 0 Å². The first-order valence-corrected chi connectivity index (χ1v) is 8.19. The molecule has 0 saturated carbocycles. The topological polar surface area (TPSA) is 49.4 Å². The zero-order valence-electron chi connectivity index (χ0n) is 16.3. The molecule has 0 rings (SSSR count). The highest BCUT2D eigenvalue weighted by molar-refractivity contribution is 5.96. The van der Waals surface area contributed by atoms with Gasteiger partial charge in [-0.15, -0.1) is 0 Å². The van der Waals surface area contributed by atoms with Gasteiger partial charge >= 0.3 is 0 Å². The molecule has 130 valence electrons. The van der Waals surface area contributed by atoms with Gasteiger partial charge in [0.1, 0.15) is 0 Å². The molecule has 0 aromatic heterocycles. The Kier molecular flexibility index (Phi) is 6.83. The zero-order chi connectivity index (χ0) is 17.9. The fourth-order valence-electron chi connectivity index (χ4n) is 2.71. The summed E-state index contributed by atoms with van der Waals surface area (Å²) in [4.78, 5) is 26.9. The van der Waals surface area contributed by atoms with Crippen LogP contribution in [0.5, 0.6) is 0 Å². The Bertz CT molecular complexity index is 398. The molecule has 0 unspecified atom stereocenters. The second kappa shape index (κ2) is 7.12. The molecule has 22 heavy (non-hydrogen) atoms. The van der Waals surface area contributed by atoms with E-state index in [1.807, 2.05) is 55.4 Å². The smallest absolute Gasteiger partial charge is 0.231 e. The van der Waals surface area contributed by atoms with E-state index >= 15 is 0 Å². The van der Waals surface area contributed by atoms with Crippen LogP contribution in [0.4, 0.5) is 0 Å². The van der Waals surface area contributed by atoms with Crippen molar-refractivity contribution < 1.29 is 9.59 Å². The van der Waals surface area contributed by atoms with Crippen molar-refractivity contribution in [3.63, 3.8) is 0 Å². The average molecular weight is 312 g/mol. The number of hydrogen-bond donors (Lipinski definition) is 1. The van der Waals surface area contributed by atoms with Crippen LogP contribution in [0, 0.1) is 5.41 Å². The summed E-state index contributed by atoms with van der Waals surface area (Å²) in [5, 5.41) is 3.38. The van der Waals surface area contributed by atoms with Gasteiger partial charge < -0.3 is 5.32 Å². The van der Waals surface area contributed by atoms with Crippen molar-refractivity contribution in [1.29, 1.82) is 0 Å². The largest absolute Gasteiger partial charge is 0.309 e. The van der Waals surface area contributed by atoms with Gasteiger partial charge in [0.2, 0.25) is 11.8 Å². The predicted octanol–water partition coefficient (Wildman–Crippen LogP) is 3.74. The van der Waals surface area contributed by atoms with Crippen LogP contribution in [0.1, 0.15) is 82.1 Å². The van der Waals surface area contributed by atoms with Gasteiger partial charge in [0, 0.05) is 30.0 Å². The van der Waals surface area contributed by atoms with E-state index in [9.17, 15) is 9.59 Å². The summed E-state index contributed by atoms with van der Waals surface area (Å²) in [5.41, 5.74) is -0.976. The van der Waals surface area contributed by atoms with Gasteiger partial charge in [-0.05, 0) is 40.0 Å². The van der Waals surface area contributed by atoms with E-state index in [4.69, 9.17) is 0 Å². The van der Waals surface area contributed by atoms with E-state index in [1.165, 1.54) is 4.90 Å². The first-order chi connectivity index (χ1) is 9.55. The van der Waals surface area contributed by atoms with E-state index in [2.05, 4.69) is 19.2 Å². The van der Waals surface area contributed by atoms with Gasteiger partial charge in [-0.3, -0.25) is 14.5 Å². The van der Waals surface area contributed by atoms with Gasteiger partial charge in [-0.25, -0.2) is 0 Å². The molecular weight excluding hydrogens is 276 g/mol. The van der Waals surface area contributed by atoms with Gasteiger partial charge in [-0.1, -0.05) is 34.6 Å². The highest BCUT2D eigenvalue weighted by Crippen LogP contribution is 2.25. The number of nitrogens with zero attached hydrogens (tertiary/aromatic N) is 1. The van der Waals surface area contributed by atoms with E-state index in [1.54, 1.807) is 0 Å². The van der Waals surface area contributed by atoms with Gasteiger partial charge in [0.05, 0.1) is 0 Å². The number of imide groups is 1. The van der Waals surface area contributed by atoms with Crippen LogP contribution >= 0.6 is 0 Å². The van der Waals surface area contributed by atoms with E-state index < -0.39 is 5.54 Å². The number of hydrogen-bond acceptors (Lipinski definition) is 3. The van der Waals surface area contributed by atoms with Crippen molar-refractivity contribution in [3.8, 4) is 0 Å². The second-order valence-electron chi connectivity index (χ2n) is 9.39. The van der Waals surface area contributed by atoms with Crippen molar-refractivity contribution in [2.24, 2.45) is 5.41 Å². The number of carbonyl (C=O) groups is 2. The second-order valence-corrected chi connectivity index (χ2v) is 9.39. The molecule has 0 atom stereocenters. The highest BCUT2D eigenvalue weighted by atomic mass is 16.2. The maximum atomic E-state index is 12.8. The molecule has 0 radical (unpaired) electrons. The third-order valence-corrected chi connectivity index (χ3v) is 3.12. The van der Waals surface area contributed by atoms with Crippen LogP contribution in [0.3, 0.4) is 0 Å². The standard InChI is InChI=1S/C18H36N2O2/c1-13(2)19-18(9,10)12-15(22)20(17(6,7)8)14(21)11-16(3,4)5/h13,19H,11-12H2,1-10H3. The first-order valence-electron chi connectivity index (χ1n) is 8.19. The number of amides is 2. The SMILES string of the molecule is CC(C)NC(C)(C)CC(=O)N(C(=O)CC(C)(C)C)C(C)(C)C.